The van der Waals surface area contributed by atoms with E-state index in [-0.39, 0.29) is 53.0 Å². The molecule has 2 saturated heterocycles. The Morgan fingerprint density at radius 2 is 1.79 bits per heavy atom. The molecular formula is C43H47ClF2N10O5. The standard InChI is InChI=1S/C43H47ClF2N10O5/c1-21-16-42(13-12-29(35(21)58)48-24-6-8-25-31(15-24)55(3)53-33(25)26-9-11-32(57)50-39(26)59)18-56(19-42)41-47-17-28(44)38(52-41)49-23-7-10-30-27(14-23)34-36(40(60)54(30)2)61-20-43(45,46)37(51-34)22-4-5-22/h6-8,10,14-15,17,21-22,26,29,35,37,48,51,58H,4-5,9,11-13,16,18-20H2,1-3H3,(H,47,49,52)(H,50,57,59)/t21-,26?,29-,35?,37+/m1/s1. The Morgan fingerprint density at radius 1 is 1.00 bits per heavy atom. The van der Waals surface area contributed by atoms with Crippen molar-refractivity contribution in [2.75, 3.05) is 40.5 Å². The number of hydrogen-bond donors (Lipinski definition) is 5. The molecule has 18 heteroatoms. The van der Waals surface area contributed by atoms with Crippen molar-refractivity contribution >= 4 is 74.0 Å². The van der Waals surface area contributed by atoms with Gasteiger partial charge in [0.15, 0.2) is 12.4 Å². The highest BCUT2D eigenvalue weighted by atomic mass is 35.5. The van der Waals surface area contributed by atoms with Crippen LogP contribution in [0.25, 0.3) is 21.8 Å². The summed E-state index contributed by atoms with van der Waals surface area (Å²) in [5, 5.41) is 30.3. The Hall–Kier alpha value is -5.55. The lowest BCUT2D eigenvalue weighted by atomic mass is 9.71. The number of aliphatic hydroxyl groups is 1. The van der Waals surface area contributed by atoms with E-state index in [1.807, 2.05) is 25.2 Å². The first-order valence-electron chi connectivity index (χ1n) is 20.9. The van der Waals surface area contributed by atoms with Gasteiger partial charge in [0, 0.05) is 61.2 Å². The SMILES string of the molecule is C[C@@H]1CC2(CC[C@@H](Nc3ccc4c(C5CCC(=O)NC5=O)nn(C)c4c3)C1O)CN(c1ncc(Cl)c(Nc3ccc4c(c3)c3c(c(=O)n4C)OCC(F)(F)[C@H](C4CC4)N3)n1)C2. The van der Waals surface area contributed by atoms with Crippen molar-refractivity contribution < 1.29 is 28.2 Å². The molecule has 5 aromatic rings. The summed E-state index contributed by atoms with van der Waals surface area (Å²) >= 11 is 6.64. The summed E-state index contributed by atoms with van der Waals surface area (Å²) in [5.74, 6) is -3.65. The first-order valence-corrected chi connectivity index (χ1v) is 21.3. The van der Waals surface area contributed by atoms with E-state index in [9.17, 15) is 19.5 Å². The van der Waals surface area contributed by atoms with Crippen molar-refractivity contribution in [2.24, 2.45) is 31.3 Å². The second kappa shape index (κ2) is 14.5. The van der Waals surface area contributed by atoms with Crippen LogP contribution in [0, 0.1) is 17.3 Å². The summed E-state index contributed by atoms with van der Waals surface area (Å²) in [5.41, 5.74) is 3.22. The largest absolute Gasteiger partial charge is 0.480 e. The third-order valence-electron chi connectivity index (χ3n) is 13.5. The fourth-order valence-corrected chi connectivity index (χ4v) is 10.2. The number of nitrogens with one attached hydrogen (secondary N) is 4. The van der Waals surface area contributed by atoms with E-state index in [4.69, 9.17) is 21.3 Å². The van der Waals surface area contributed by atoms with Gasteiger partial charge in [0.1, 0.15) is 5.02 Å². The van der Waals surface area contributed by atoms with E-state index in [2.05, 4.69) is 43.2 Å². The molecule has 3 aliphatic heterocycles. The third-order valence-corrected chi connectivity index (χ3v) is 13.8. The minimum absolute atomic E-state index is 0.0122. The number of pyridine rings is 1. The number of ether oxygens (including phenoxy) is 1. The number of aliphatic hydroxyl groups excluding tert-OH is 1. The molecule has 5 atom stereocenters. The molecule has 6 heterocycles. The highest BCUT2D eigenvalue weighted by molar-refractivity contribution is 6.33. The number of alkyl halides is 2. The van der Waals surface area contributed by atoms with E-state index in [1.165, 1.54) is 4.57 Å². The number of imide groups is 1. The molecule has 10 rings (SSSR count). The number of aromatic nitrogens is 5. The molecule has 2 amide bonds. The number of carbonyl (C=O) groups excluding carboxylic acids is 2. The zero-order valence-corrected chi connectivity index (χ0v) is 34.7. The molecule has 15 nitrogen and oxygen atoms in total. The van der Waals surface area contributed by atoms with Crippen molar-refractivity contribution in [2.45, 2.75) is 81.9 Å². The molecule has 0 radical (unpaired) electrons. The van der Waals surface area contributed by atoms with Gasteiger partial charge in [-0.15, -0.1) is 0 Å². The van der Waals surface area contributed by atoms with Crippen LogP contribution < -0.4 is 36.5 Å². The maximum absolute atomic E-state index is 15.2. The number of anilines is 5. The van der Waals surface area contributed by atoms with Gasteiger partial charge >= 0.3 is 5.92 Å². The molecule has 2 aromatic carbocycles. The van der Waals surface area contributed by atoms with Crippen LogP contribution in [0.2, 0.25) is 5.02 Å². The maximum atomic E-state index is 15.2. The van der Waals surface area contributed by atoms with Gasteiger partial charge in [-0.1, -0.05) is 18.5 Å². The molecule has 3 aromatic heterocycles. The molecule has 320 valence electrons. The van der Waals surface area contributed by atoms with E-state index >= 15 is 8.78 Å². The van der Waals surface area contributed by atoms with Crippen LogP contribution in [0.5, 0.6) is 5.75 Å². The number of aryl methyl sites for hydroxylation is 2. The van der Waals surface area contributed by atoms with Gasteiger partial charge < -0.3 is 35.3 Å². The quantitative estimate of drug-likeness (QED) is 0.124. The summed E-state index contributed by atoms with van der Waals surface area (Å²) in [6.07, 6.45) is 5.49. The molecule has 61 heavy (non-hydrogen) atoms. The lowest BCUT2D eigenvalue weighted by molar-refractivity contribution is -0.134. The van der Waals surface area contributed by atoms with Gasteiger partial charge in [0.05, 0.1) is 52.7 Å². The predicted molar refractivity (Wildman–Crippen MR) is 227 cm³/mol. The molecule has 5 N–H and O–H groups in total. The van der Waals surface area contributed by atoms with Gasteiger partial charge in [0.2, 0.25) is 23.5 Å². The third kappa shape index (κ3) is 6.98. The molecule has 2 unspecified atom stereocenters. The topological polar surface area (TPSA) is 181 Å². The van der Waals surface area contributed by atoms with Gasteiger partial charge in [-0.3, -0.25) is 24.4 Å². The smallest absolute Gasteiger partial charge is 0.301 e. The van der Waals surface area contributed by atoms with E-state index in [1.54, 1.807) is 36.1 Å². The first kappa shape index (κ1) is 39.6. The van der Waals surface area contributed by atoms with E-state index < -0.39 is 36.2 Å². The molecule has 2 aliphatic carbocycles. The average Bonchev–Trinajstić information content (AvgIpc) is 4.03. The molecule has 0 bridgehead atoms. The van der Waals surface area contributed by atoms with Crippen LogP contribution in [0.3, 0.4) is 0 Å². The molecular weight excluding hydrogens is 810 g/mol. The number of fused-ring (bicyclic) bond motifs is 4. The lowest BCUT2D eigenvalue weighted by Gasteiger charge is -2.51. The van der Waals surface area contributed by atoms with Crippen molar-refractivity contribution in [1.29, 1.82) is 0 Å². The number of carbonyl (C=O) groups is 2. The van der Waals surface area contributed by atoms with Crippen LogP contribution in [-0.2, 0) is 23.7 Å². The summed E-state index contributed by atoms with van der Waals surface area (Å²) in [6, 6.07) is 9.89. The van der Waals surface area contributed by atoms with E-state index in [0.717, 1.165) is 35.9 Å². The van der Waals surface area contributed by atoms with E-state index in [0.29, 0.717) is 71.4 Å². The number of amides is 2. The van der Waals surface area contributed by atoms with Crippen molar-refractivity contribution in [1.82, 2.24) is 29.6 Å². The summed E-state index contributed by atoms with van der Waals surface area (Å²) in [7, 11) is 3.43. The van der Waals surface area contributed by atoms with Crippen LogP contribution >= 0.6 is 11.6 Å². The molecule has 5 aliphatic rings. The monoisotopic (exact) mass is 856 g/mol. The minimum Gasteiger partial charge on any atom is -0.480 e. The van der Waals surface area contributed by atoms with Gasteiger partial charge in [0.25, 0.3) is 5.56 Å². The predicted octanol–water partition coefficient (Wildman–Crippen LogP) is 5.82. The zero-order valence-electron chi connectivity index (χ0n) is 34.0. The highest BCUT2D eigenvalue weighted by Crippen LogP contribution is 2.48. The van der Waals surface area contributed by atoms with Crippen molar-refractivity contribution in [3.8, 4) is 5.75 Å². The zero-order chi connectivity index (χ0) is 42.5. The van der Waals surface area contributed by atoms with Gasteiger partial charge in [-0.2, -0.15) is 10.1 Å². The Balaban J connectivity index is 0.835. The van der Waals surface area contributed by atoms with Crippen LogP contribution in [-0.4, -0.2) is 85.0 Å². The minimum atomic E-state index is -3.15. The maximum Gasteiger partial charge on any atom is 0.301 e. The molecule has 4 fully saturated rings. The average molecular weight is 857 g/mol. The Bertz CT molecular complexity index is 2680. The highest BCUT2D eigenvalue weighted by Gasteiger charge is 2.52. The Kier molecular flexibility index (Phi) is 9.43. The summed E-state index contributed by atoms with van der Waals surface area (Å²) < 4.78 is 39.0. The number of hydrogen-bond acceptors (Lipinski definition) is 12. The number of benzene rings is 2. The summed E-state index contributed by atoms with van der Waals surface area (Å²) in [6.45, 7) is 2.63. The number of halogens is 3. The fraction of sp³-hybridized carbons (Fsp3) is 0.488. The second-order valence-corrected chi connectivity index (χ2v) is 18.3. The van der Waals surface area contributed by atoms with Crippen LogP contribution in [0.4, 0.5) is 37.6 Å². The van der Waals surface area contributed by atoms with Gasteiger partial charge in [-0.05, 0) is 86.8 Å². The van der Waals surface area contributed by atoms with Crippen molar-refractivity contribution in [3.63, 3.8) is 0 Å². The fourth-order valence-electron chi connectivity index (χ4n) is 10.1. The normalized spacial score (nSPS) is 25.8. The molecule has 2 saturated carbocycles. The van der Waals surface area contributed by atoms with Gasteiger partial charge in [-0.25, -0.2) is 13.8 Å². The van der Waals surface area contributed by atoms with Crippen molar-refractivity contribution in [3.05, 3.63) is 63.7 Å². The Labute approximate surface area is 354 Å². The summed E-state index contributed by atoms with van der Waals surface area (Å²) in [4.78, 5) is 49.1. The Morgan fingerprint density at radius 3 is 2.56 bits per heavy atom. The molecule has 1 spiro atoms. The van der Waals surface area contributed by atoms with Crippen LogP contribution in [0.15, 0.2) is 47.4 Å². The number of nitrogens with zero attached hydrogens (tertiary/aromatic N) is 6. The number of rotatable bonds is 7. The number of piperidine rings is 1. The second-order valence-electron chi connectivity index (χ2n) is 17.9. The first-order chi connectivity index (χ1) is 29.2. The lowest BCUT2D eigenvalue weighted by Crippen LogP contribution is -2.57. The van der Waals surface area contributed by atoms with Crippen LogP contribution in [0.1, 0.15) is 63.5 Å².